The Kier molecular flexibility index (Phi) is 7.65. The van der Waals surface area contributed by atoms with E-state index in [9.17, 15) is 19.1 Å². The highest BCUT2D eigenvalue weighted by Gasteiger charge is 2.39. The van der Waals surface area contributed by atoms with Crippen LogP contribution in [0.3, 0.4) is 0 Å². The smallest absolute Gasteiger partial charge is 0.352 e. The summed E-state index contributed by atoms with van der Waals surface area (Å²) in [7, 11) is 0. The molecule has 0 aliphatic carbocycles. The van der Waals surface area contributed by atoms with E-state index in [1.165, 1.54) is 22.8 Å². The minimum absolute atomic E-state index is 0.101. The number of benzene rings is 1. The maximum absolute atomic E-state index is 13.8. The zero-order chi connectivity index (χ0) is 27.0. The van der Waals surface area contributed by atoms with E-state index in [2.05, 4.69) is 20.3 Å². The van der Waals surface area contributed by atoms with Crippen molar-refractivity contribution < 1.29 is 14.3 Å². The second-order valence-electron chi connectivity index (χ2n) is 10.5. The van der Waals surface area contributed by atoms with Crippen molar-refractivity contribution in [3.05, 3.63) is 63.4 Å². The lowest BCUT2D eigenvalue weighted by atomic mass is 9.99. The topological polar surface area (TPSA) is 105 Å². The summed E-state index contributed by atoms with van der Waals surface area (Å²) in [4.78, 5) is 32.9. The first-order valence-corrected chi connectivity index (χ1v) is 13.4. The van der Waals surface area contributed by atoms with Crippen molar-refractivity contribution in [2.45, 2.75) is 76.7 Å². The van der Waals surface area contributed by atoms with Crippen LogP contribution >= 0.6 is 11.6 Å². The quantitative estimate of drug-likeness (QED) is 0.453. The SMILES string of the molecule is CC(C)NC(=O)Cn1c(-c2ccc(F)c(Cl)c2)nn(-c2ccc(CCN3C4CCC3CC(O)C4)cn2)c1=O. The molecule has 38 heavy (non-hydrogen) atoms. The number of nitrogens with zero attached hydrogens (tertiary/aromatic N) is 5. The molecule has 0 saturated carbocycles. The summed E-state index contributed by atoms with van der Waals surface area (Å²) >= 11 is 5.98. The van der Waals surface area contributed by atoms with Crippen LogP contribution in [-0.2, 0) is 17.8 Å². The molecule has 3 aromatic rings. The molecule has 202 valence electrons. The van der Waals surface area contributed by atoms with Crippen molar-refractivity contribution in [2.75, 3.05) is 6.54 Å². The molecule has 9 nitrogen and oxygen atoms in total. The third kappa shape index (κ3) is 5.52. The average Bonchev–Trinajstić information content (AvgIpc) is 3.31. The van der Waals surface area contributed by atoms with Crippen molar-refractivity contribution in [3.63, 3.8) is 0 Å². The van der Waals surface area contributed by atoms with E-state index in [1.807, 2.05) is 19.9 Å². The number of carbonyl (C=O) groups excluding carboxylic acids is 1. The maximum atomic E-state index is 13.8. The van der Waals surface area contributed by atoms with Gasteiger partial charge in [0.2, 0.25) is 5.91 Å². The summed E-state index contributed by atoms with van der Waals surface area (Å²) in [5.74, 6) is -0.437. The molecule has 5 rings (SSSR count). The summed E-state index contributed by atoms with van der Waals surface area (Å²) in [6.07, 6.45) is 6.33. The molecule has 2 aromatic heterocycles. The molecule has 0 radical (unpaired) electrons. The van der Waals surface area contributed by atoms with Gasteiger partial charge in [-0.15, -0.1) is 5.10 Å². The van der Waals surface area contributed by atoms with Crippen LogP contribution in [-0.4, -0.2) is 66.0 Å². The second kappa shape index (κ2) is 11.0. The third-order valence-corrected chi connectivity index (χ3v) is 7.63. The number of amides is 1. The Morgan fingerprint density at radius 3 is 2.58 bits per heavy atom. The number of halogens is 2. The monoisotopic (exact) mass is 542 g/mol. The highest BCUT2D eigenvalue weighted by atomic mass is 35.5. The van der Waals surface area contributed by atoms with Crippen LogP contribution in [0.15, 0.2) is 41.3 Å². The fraction of sp³-hybridized carbons (Fsp3) is 0.481. The van der Waals surface area contributed by atoms with Crippen molar-refractivity contribution in [3.8, 4) is 17.2 Å². The van der Waals surface area contributed by atoms with Gasteiger partial charge in [-0.1, -0.05) is 17.7 Å². The minimum Gasteiger partial charge on any atom is -0.393 e. The van der Waals surface area contributed by atoms with E-state index in [0.29, 0.717) is 23.5 Å². The van der Waals surface area contributed by atoms with Crippen molar-refractivity contribution in [1.82, 2.24) is 29.5 Å². The average molecular weight is 543 g/mol. The van der Waals surface area contributed by atoms with Gasteiger partial charge in [-0.2, -0.15) is 4.68 Å². The molecule has 2 N–H and O–H groups in total. The Balaban J connectivity index is 1.38. The number of fused-ring (bicyclic) bond motifs is 2. The fourth-order valence-corrected chi connectivity index (χ4v) is 5.79. The van der Waals surface area contributed by atoms with Crippen LogP contribution in [0.1, 0.15) is 45.1 Å². The minimum atomic E-state index is -0.590. The molecule has 11 heteroatoms. The van der Waals surface area contributed by atoms with Crippen molar-refractivity contribution in [2.24, 2.45) is 0 Å². The van der Waals surface area contributed by atoms with Gasteiger partial charge in [0.15, 0.2) is 11.6 Å². The van der Waals surface area contributed by atoms with Crippen LogP contribution in [0.2, 0.25) is 5.02 Å². The van der Waals surface area contributed by atoms with Gasteiger partial charge in [0, 0.05) is 36.4 Å². The lowest BCUT2D eigenvalue weighted by Crippen LogP contribution is -2.45. The Morgan fingerprint density at radius 2 is 1.95 bits per heavy atom. The summed E-state index contributed by atoms with van der Waals surface area (Å²) in [5.41, 5.74) is 0.902. The number of pyridine rings is 1. The van der Waals surface area contributed by atoms with Crippen LogP contribution < -0.4 is 11.0 Å². The van der Waals surface area contributed by atoms with E-state index in [0.717, 1.165) is 48.9 Å². The van der Waals surface area contributed by atoms with E-state index in [4.69, 9.17) is 11.6 Å². The standard InChI is InChI=1S/C27H32ClFN6O3/c1-16(2)31-25(37)15-34-26(18-4-7-23(29)22(28)11-18)32-35(27(34)38)24-8-3-17(14-30-24)9-10-33-19-5-6-20(33)13-21(36)12-19/h3-4,7-8,11,14,16,19-21,36H,5-6,9-10,12-13,15H2,1-2H3,(H,31,37). The van der Waals surface area contributed by atoms with Crippen LogP contribution in [0.4, 0.5) is 4.39 Å². The Bertz CT molecular complexity index is 1360. The van der Waals surface area contributed by atoms with E-state index in [1.54, 1.807) is 12.3 Å². The van der Waals surface area contributed by atoms with Gasteiger partial charge in [0.05, 0.1) is 11.1 Å². The largest absolute Gasteiger partial charge is 0.393 e. The molecule has 1 aromatic carbocycles. The molecule has 2 aliphatic heterocycles. The molecule has 2 atom stereocenters. The lowest BCUT2D eigenvalue weighted by molar-refractivity contribution is -0.122. The second-order valence-corrected chi connectivity index (χ2v) is 10.9. The van der Waals surface area contributed by atoms with Gasteiger partial charge < -0.3 is 10.4 Å². The number of nitrogens with one attached hydrogen (secondary N) is 1. The Labute approximate surface area is 225 Å². The summed E-state index contributed by atoms with van der Waals surface area (Å²) in [6, 6.07) is 8.50. The van der Waals surface area contributed by atoms with E-state index >= 15 is 0 Å². The number of aromatic nitrogens is 4. The van der Waals surface area contributed by atoms with Crippen LogP contribution in [0, 0.1) is 5.82 Å². The number of aliphatic hydroxyl groups excluding tert-OH is 1. The van der Waals surface area contributed by atoms with E-state index in [-0.39, 0.29) is 35.4 Å². The van der Waals surface area contributed by atoms with Crippen molar-refractivity contribution in [1.29, 1.82) is 0 Å². The first-order chi connectivity index (χ1) is 18.2. The van der Waals surface area contributed by atoms with Gasteiger partial charge in [-0.25, -0.2) is 14.2 Å². The van der Waals surface area contributed by atoms with E-state index < -0.39 is 11.5 Å². The molecule has 2 aliphatic rings. The molecule has 1 amide bonds. The number of rotatable bonds is 8. The van der Waals surface area contributed by atoms with Gasteiger partial charge in [-0.05, 0) is 75.8 Å². The van der Waals surface area contributed by atoms with Gasteiger partial charge >= 0.3 is 5.69 Å². The highest BCUT2D eigenvalue weighted by Crippen LogP contribution is 2.35. The first-order valence-electron chi connectivity index (χ1n) is 13.0. The Hall–Kier alpha value is -3.08. The molecular weight excluding hydrogens is 511 g/mol. The maximum Gasteiger partial charge on any atom is 0.352 e. The lowest BCUT2D eigenvalue weighted by Gasteiger charge is -2.37. The van der Waals surface area contributed by atoms with Gasteiger partial charge in [0.25, 0.3) is 0 Å². The number of hydrogen-bond acceptors (Lipinski definition) is 6. The third-order valence-electron chi connectivity index (χ3n) is 7.34. The molecule has 4 heterocycles. The number of aliphatic hydroxyl groups is 1. The summed E-state index contributed by atoms with van der Waals surface area (Å²) in [5, 5.41) is 17.2. The Morgan fingerprint density at radius 1 is 1.21 bits per heavy atom. The number of piperidine rings is 1. The van der Waals surface area contributed by atoms with Gasteiger partial charge in [-0.3, -0.25) is 14.3 Å². The molecule has 2 saturated heterocycles. The fourth-order valence-electron chi connectivity index (χ4n) is 5.61. The van der Waals surface area contributed by atoms with Crippen LogP contribution in [0.25, 0.3) is 17.2 Å². The van der Waals surface area contributed by atoms with Crippen LogP contribution in [0.5, 0.6) is 0 Å². The van der Waals surface area contributed by atoms with Crippen molar-refractivity contribution >= 4 is 17.5 Å². The summed E-state index contributed by atoms with van der Waals surface area (Å²) < 4.78 is 16.2. The summed E-state index contributed by atoms with van der Waals surface area (Å²) in [6.45, 7) is 4.30. The number of hydrogen-bond donors (Lipinski definition) is 2. The zero-order valence-corrected chi connectivity index (χ0v) is 22.2. The normalized spacial score (nSPS) is 21.3. The van der Waals surface area contributed by atoms with Gasteiger partial charge in [0.1, 0.15) is 12.4 Å². The predicted octanol–water partition coefficient (Wildman–Crippen LogP) is 2.94. The molecule has 2 fully saturated rings. The first kappa shape index (κ1) is 26.5. The highest BCUT2D eigenvalue weighted by molar-refractivity contribution is 6.31. The predicted molar refractivity (Wildman–Crippen MR) is 142 cm³/mol. The molecular formula is C27H32ClFN6O3. The molecule has 2 unspecified atom stereocenters. The molecule has 0 spiro atoms. The zero-order valence-electron chi connectivity index (χ0n) is 21.5. The number of carbonyl (C=O) groups is 1. The molecule has 2 bridgehead atoms.